The van der Waals surface area contributed by atoms with Crippen molar-refractivity contribution in [2.24, 2.45) is 5.92 Å². The molecule has 0 amide bonds. The van der Waals surface area contributed by atoms with Gasteiger partial charge in [0, 0.05) is 6.42 Å². The van der Waals surface area contributed by atoms with Crippen LogP contribution in [0, 0.1) is 5.92 Å². The smallest absolute Gasteiger partial charge is 0.313 e. The van der Waals surface area contributed by atoms with Crippen molar-refractivity contribution in [3.8, 4) is 0 Å². The number of hydrogen-bond donors (Lipinski definition) is 2. The first-order valence-corrected chi connectivity index (χ1v) is 13.4. The first-order chi connectivity index (χ1) is 15.3. The average Bonchev–Trinajstić information content (AvgIpc) is 3.12. The van der Waals surface area contributed by atoms with Gasteiger partial charge in [-0.25, -0.2) is 0 Å². The summed E-state index contributed by atoms with van der Waals surface area (Å²) in [5.41, 5.74) is 0.294. The number of thioether (sulfide) groups is 2. The third kappa shape index (κ3) is 7.68. The lowest BCUT2D eigenvalue weighted by molar-refractivity contribution is -0.133. The lowest BCUT2D eigenvalue weighted by Gasteiger charge is -2.21. The van der Waals surface area contributed by atoms with E-state index in [2.05, 4.69) is 30.3 Å². The van der Waals surface area contributed by atoms with Crippen LogP contribution in [0.25, 0.3) is 10.8 Å². The first kappa shape index (κ1) is 24.9. The summed E-state index contributed by atoms with van der Waals surface area (Å²) in [4.78, 5) is 22.9. The number of carboxylic acids is 1. The van der Waals surface area contributed by atoms with Crippen molar-refractivity contribution in [3.05, 3.63) is 60.2 Å². The molecule has 4 nitrogen and oxygen atoms in total. The highest BCUT2D eigenvalue weighted by molar-refractivity contribution is 8.01. The average molecular weight is 473 g/mol. The summed E-state index contributed by atoms with van der Waals surface area (Å²) < 4.78 is 0. The van der Waals surface area contributed by atoms with Crippen LogP contribution < -0.4 is 0 Å². The molecule has 0 aromatic heterocycles. The second-order valence-electron chi connectivity index (χ2n) is 8.66. The fraction of sp³-hybridized carbons (Fsp3) is 0.462. The van der Waals surface area contributed by atoms with E-state index in [0.717, 1.165) is 30.8 Å². The fourth-order valence-electron chi connectivity index (χ4n) is 3.99. The lowest BCUT2D eigenvalue weighted by atomic mass is 9.93. The van der Waals surface area contributed by atoms with Gasteiger partial charge in [-0.2, -0.15) is 11.8 Å². The van der Waals surface area contributed by atoms with Gasteiger partial charge in [-0.1, -0.05) is 54.6 Å². The molecule has 2 N–H and O–H groups in total. The van der Waals surface area contributed by atoms with Gasteiger partial charge >= 0.3 is 5.97 Å². The van der Waals surface area contributed by atoms with Gasteiger partial charge < -0.3 is 10.2 Å². The number of hydrogen-bond acceptors (Lipinski definition) is 5. The Morgan fingerprint density at radius 3 is 2.75 bits per heavy atom. The van der Waals surface area contributed by atoms with Crippen LogP contribution in [0.3, 0.4) is 0 Å². The largest absolute Gasteiger partial charge is 0.481 e. The third-order valence-corrected chi connectivity index (χ3v) is 8.35. The Labute approximate surface area is 198 Å². The Kier molecular flexibility index (Phi) is 9.26. The predicted molar refractivity (Wildman–Crippen MR) is 136 cm³/mol. The molecule has 0 radical (unpaired) electrons. The second kappa shape index (κ2) is 11.9. The number of carboxylic acid groups (broad SMARTS) is 1. The number of aliphatic carboxylic acids is 1. The summed E-state index contributed by atoms with van der Waals surface area (Å²) in [5, 5.41) is 22.0. The second-order valence-corrected chi connectivity index (χ2v) is 11.0. The quantitative estimate of drug-likeness (QED) is 0.320. The predicted octanol–water partition coefficient (Wildman–Crippen LogP) is 5.37. The molecular formula is C26H32O4S2. The van der Waals surface area contributed by atoms with Gasteiger partial charge in [0.25, 0.3) is 0 Å². The van der Waals surface area contributed by atoms with Crippen molar-refractivity contribution >= 4 is 46.0 Å². The zero-order chi connectivity index (χ0) is 23.0. The number of ketones is 1. The molecule has 172 valence electrons. The van der Waals surface area contributed by atoms with E-state index < -0.39 is 11.6 Å². The molecule has 1 aliphatic rings. The normalized spacial score (nSPS) is 20.8. The van der Waals surface area contributed by atoms with Crippen LogP contribution in [0.5, 0.6) is 0 Å². The van der Waals surface area contributed by atoms with Crippen LogP contribution >= 0.6 is 23.5 Å². The number of Topliss-reactive ketones (excluding diaryl/α,β-unsaturated/α-hetero) is 1. The van der Waals surface area contributed by atoms with E-state index in [0.29, 0.717) is 18.6 Å². The van der Waals surface area contributed by atoms with E-state index in [1.54, 1.807) is 11.8 Å². The van der Waals surface area contributed by atoms with Crippen LogP contribution in [0.1, 0.15) is 38.2 Å². The summed E-state index contributed by atoms with van der Waals surface area (Å²) in [7, 11) is 0. The number of carbonyl (C=O) groups is 2. The minimum absolute atomic E-state index is 0.0491. The summed E-state index contributed by atoms with van der Waals surface area (Å²) >= 11 is 3.10. The molecule has 0 saturated heterocycles. The number of fused-ring (bicyclic) bond motifs is 1. The topological polar surface area (TPSA) is 74.6 Å². The molecule has 2 aromatic carbocycles. The number of aryl methyl sites for hydroxylation is 1. The van der Waals surface area contributed by atoms with Crippen LogP contribution in [-0.4, -0.2) is 50.1 Å². The molecule has 1 fully saturated rings. The highest BCUT2D eigenvalue weighted by Crippen LogP contribution is 2.34. The van der Waals surface area contributed by atoms with Crippen molar-refractivity contribution in [2.75, 3.05) is 17.3 Å². The molecule has 1 aliphatic carbocycles. The highest BCUT2D eigenvalue weighted by atomic mass is 32.2. The van der Waals surface area contributed by atoms with Gasteiger partial charge in [-0.05, 0) is 66.4 Å². The van der Waals surface area contributed by atoms with Gasteiger partial charge in [0.05, 0.1) is 16.6 Å². The Bertz CT molecular complexity index is 954. The van der Waals surface area contributed by atoms with Crippen LogP contribution in [0.4, 0.5) is 0 Å². The van der Waals surface area contributed by atoms with Crippen molar-refractivity contribution in [2.45, 2.75) is 49.9 Å². The fourth-order valence-corrected chi connectivity index (χ4v) is 6.18. The number of benzene rings is 2. The van der Waals surface area contributed by atoms with E-state index >= 15 is 0 Å². The molecule has 6 heteroatoms. The van der Waals surface area contributed by atoms with Gasteiger partial charge in [0.1, 0.15) is 5.78 Å². The van der Waals surface area contributed by atoms with Gasteiger partial charge in [-0.3, -0.25) is 9.59 Å². The number of aliphatic hydroxyl groups is 1. The molecule has 3 rings (SSSR count). The molecule has 1 unspecified atom stereocenters. The van der Waals surface area contributed by atoms with Gasteiger partial charge in [-0.15, -0.1) is 11.8 Å². The van der Waals surface area contributed by atoms with Gasteiger partial charge in [0.2, 0.25) is 0 Å². The molecule has 1 saturated carbocycles. The maximum absolute atomic E-state index is 12.3. The highest BCUT2D eigenvalue weighted by Gasteiger charge is 2.33. The summed E-state index contributed by atoms with van der Waals surface area (Å²) in [5.74, 6) is 1.44. The summed E-state index contributed by atoms with van der Waals surface area (Å²) in [6.07, 6.45) is 7.67. The van der Waals surface area contributed by atoms with E-state index in [9.17, 15) is 14.7 Å². The molecular weight excluding hydrogens is 440 g/mol. The number of carbonyl (C=O) groups excluding carboxylic acids is 1. The molecule has 0 heterocycles. The minimum atomic E-state index is -0.917. The Balaban J connectivity index is 1.48. The third-order valence-electron chi connectivity index (χ3n) is 5.82. The monoisotopic (exact) mass is 472 g/mol. The molecule has 3 atom stereocenters. The van der Waals surface area contributed by atoms with Crippen LogP contribution in [-0.2, 0) is 16.0 Å². The zero-order valence-electron chi connectivity index (χ0n) is 18.5. The lowest BCUT2D eigenvalue weighted by Crippen LogP contribution is -2.23. The summed E-state index contributed by atoms with van der Waals surface area (Å²) in [6, 6.07) is 14.7. The maximum atomic E-state index is 12.3. The Hall–Kier alpha value is -1.76. The van der Waals surface area contributed by atoms with Crippen molar-refractivity contribution in [3.63, 3.8) is 0 Å². The first-order valence-electron chi connectivity index (χ1n) is 11.2. The maximum Gasteiger partial charge on any atom is 0.313 e. The standard InChI is InChI=1S/C26H32O4S2/c1-26(30,13-11-19-7-8-20-5-2-3-6-22(20)17-19)14-12-21-9-10-23(27)25(21)32-16-4-15-31-18-24(28)29/h2-3,5-8,12,14,17,21,25,30H,4,9-11,13,15-16,18H2,1H3,(H,28,29)/b14-12+/t21-,25-,26?/m1/s1. The zero-order valence-corrected chi connectivity index (χ0v) is 20.2. The number of allylic oxidation sites excluding steroid dienone is 1. The van der Waals surface area contributed by atoms with Crippen molar-refractivity contribution < 1.29 is 19.8 Å². The van der Waals surface area contributed by atoms with Crippen molar-refractivity contribution in [1.82, 2.24) is 0 Å². The molecule has 0 bridgehead atoms. The van der Waals surface area contributed by atoms with E-state index in [1.165, 1.54) is 28.1 Å². The Morgan fingerprint density at radius 1 is 1.19 bits per heavy atom. The Morgan fingerprint density at radius 2 is 1.97 bits per heavy atom. The van der Waals surface area contributed by atoms with E-state index in [4.69, 9.17) is 5.11 Å². The molecule has 0 aliphatic heterocycles. The van der Waals surface area contributed by atoms with Crippen LogP contribution in [0.2, 0.25) is 0 Å². The summed E-state index contributed by atoms with van der Waals surface area (Å²) in [6.45, 7) is 1.84. The van der Waals surface area contributed by atoms with E-state index in [1.807, 2.05) is 31.2 Å². The van der Waals surface area contributed by atoms with Gasteiger partial charge in [0.15, 0.2) is 0 Å². The molecule has 2 aromatic rings. The van der Waals surface area contributed by atoms with Crippen LogP contribution in [0.15, 0.2) is 54.6 Å². The number of rotatable bonds is 12. The SMILES string of the molecule is CC(O)(/C=C/[C@H]1CCC(=O)[C@@H]1SCCCSCC(=O)O)CCc1ccc2ccccc2c1. The van der Waals surface area contributed by atoms with E-state index in [-0.39, 0.29) is 16.9 Å². The molecule has 0 spiro atoms. The van der Waals surface area contributed by atoms with Crippen molar-refractivity contribution in [1.29, 1.82) is 0 Å². The minimum Gasteiger partial charge on any atom is -0.481 e. The molecule has 32 heavy (non-hydrogen) atoms.